The summed E-state index contributed by atoms with van der Waals surface area (Å²) in [4.78, 5) is 95.1. The molecule has 2 aromatic carbocycles. The van der Waals surface area contributed by atoms with Crippen LogP contribution in [0.2, 0.25) is 0 Å². The largest absolute Gasteiger partial charge is 0.497 e. The Bertz CT molecular complexity index is 2260. The zero-order valence-corrected chi connectivity index (χ0v) is 40.5. The van der Waals surface area contributed by atoms with Gasteiger partial charge >= 0.3 is 6.09 Å². The summed E-state index contributed by atoms with van der Waals surface area (Å²) in [7, 11) is 3.15. The van der Waals surface area contributed by atoms with Gasteiger partial charge in [-0.25, -0.2) is 19.7 Å². The number of hydrogen-bond acceptors (Lipinski definition) is 16. The van der Waals surface area contributed by atoms with Crippen molar-refractivity contribution in [3.63, 3.8) is 0 Å². The molecule has 1 aliphatic rings. The number of nitrogens with one attached hydrogen (secondary N) is 6. The zero-order valence-electron chi connectivity index (χ0n) is 40.5. The summed E-state index contributed by atoms with van der Waals surface area (Å²) in [6.07, 6.45) is 5.56. The van der Waals surface area contributed by atoms with Gasteiger partial charge in [0.15, 0.2) is 11.5 Å². The van der Waals surface area contributed by atoms with Gasteiger partial charge in [0.1, 0.15) is 42.8 Å². The number of fused-ring (bicyclic) bond motifs is 1. The van der Waals surface area contributed by atoms with Crippen molar-refractivity contribution in [2.45, 2.75) is 97.4 Å². The third-order valence-corrected chi connectivity index (χ3v) is 10.0. The van der Waals surface area contributed by atoms with Gasteiger partial charge in [0, 0.05) is 57.1 Å². The first kappa shape index (κ1) is 58.6. The van der Waals surface area contributed by atoms with Crippen molar-refractivity contribution >= 4 is 65.1 Å². The number of allylic oxidation sites excluding steroid dienone is 1. The van der Waals surface area contributed by atoms with Crippen LogP contribution in [0.15, 0.2) is 73.3 Å². The van der Waals surface area contributed by atoms with Crippen LogP contribution in [0.25, 0.3) is 11.2 Å². The number of aldehydes is 1. The van der Waals surface area contributed by atoms with Crippen LogP contribution in [-0.4, -0.2) is 142 Å². The number of ether oxygens (including phenoxy) is 3. The summed E-state index contributed by atoms with van der Waals surface area (Å²) >= 11 is 0. The Kier molecular flexibility index (Phi) is 27.0. The number of aliphatic hydroxyl groups is 2. The molecule has 5 unspecified atom stereocenters. The number of primary amides is 1. The number of rotatable bonds is 21. The third-order valence-electron chi connectivity index (χ3n) is 10.0. The molecule has 0 aliphatic carbocycles. The molecule has 0 spiro atoms. The number of carbonyl (C=O) groups is 7. The predicted molar refractivity (Wildman–Crippen MR) is 260 cm³/mol. The number of anilines is 2. The lowest BCUT2D eigenvalue weighted by Gasteiger charge is -2.32. The highest BCUT2D eigenvalue weighted by Gasteiger charge is 2.28. The highest BCUT2D eigenvalue weighted by Crippen LogP contribution is 2.23. The van der Waals surface area contributed by atoms with Crippen LogP contribution in [0, 0.1) is 5.92 Å². The standard InChI is InChI=1S/C21H24N4O6.C13H22N2O3.C11H15N5O3.C2H6/c1-30-17-8-4-14(5-9-17)10-18(20(22)28)25-21(29)31-12-15-2-6-16(7-3-15)24-19(27)11-23-13-26;1-10(2)11(3)14-12(17)7-8-15(4)13(18)6-5-9-16;17-3-7-1-6(18)2-8(19-7)16-11-9-10(13-4-12-9)14-5-15-11;1-2/h2-9,13,18H,10-12H2,1H3,(H2,22,28)(H,23,26)(H,24,27)(H,25,29);5-6,9-11H,7-8H2,1-4H3,(H,14,17);4-8,17-18H,1-3H2,(H2,12,13,14,15,16);1-2H3/b;6-5-;;. The quantitative estimate of drug-likeness (QED) is 0.0426. The van der Waals surface area contributed by atoms with Gasteiger partial charge in [-0.2, -0.15) is 0 Å². The Hall–Kier alpha value is -7.50. The van der Waals surface area contributed by atoms with Crippen molar-refractivity contribution in [2.24, 2.45) is 11.7 Å². The van der Waals surface area contributed by atoms with Gasteiger partial charge in [0.25, 0.3) is 0 Å². The molecular formula is C47H67N11O12. The van der Waals surface area contributed by atoms with E-state index in [0.29, 0.717) is 72.0 Å². The highest BCUT2D eigenvalue weighted by atomic mass is 16.5. The number of methoxy groups -OCH3 is 1. The number of hydrogen-bond donors (Lipinski definition) is 9. The number of alkyl carbamates (subject to hydrolysis) is 1. The smallest absolute Gasteiger partial charge is 0.408 e. The molecule has 0 saturated carbocycles. The average Bonchev–Trinajstić information content (AvgIpc) is 3.85. The number of H-pyrrole nitrogens is 1. The number of aromatic nitrogens is 4. The number of likely N-dealkylation sites (N-methyl/N-ethyl adjacent to an activating group) is 1. The van der Waals surface area contributed by atoms with Crippen LogP contribution in [0.1, 0.15) is 65.0 Å². The van der Waals surface area contributed by atoms with Crippen LogP contribution in [0.3, 0.4) is 0 Å². The first-order valence-electron chi connectivity index (χ1n) is 22.5. The van der Waals surface area contributed by atoms with Crippen LogP contribution >= 0.6 is 0 Å². The number of amides is 6. The summed E-state index contributed by atoms with van der Waals surface area (Å²) < 4.78 is 15.8. The first-order valence-corrected chi connectivity index (χ1v) is 22.5. The molecule has 1 saturated heterocycles. The second-order valence-electron chi connectivity index (χ2n) is 15.6. The number of nitrogens with two attached hydrogens (primary N) is 1. The van der Waals surface area contributed by atoms with E-state index in [0.717, 1.165) is 11.6 Å². The lowest BCUT2D eigenvalue weighted by molar-refractivity contribution is -0.126. The van der Waals surface area contributed by atoms with Crippen LogP contribution in [0.5, 0.6) is 5.75 Å². The SMILES string of the molecule is CC.CC(C)C(C)NC(=O)CCN(C)C(=O)/C=C\C=O.COc1ccc(CC(NC(=O)OCc2ccc(NC(=O)CNC=O)cc2)C(N)=O)cc1.OCC1CC(O)CC(Nc2ncnc3nc[nH]c23)O1. The number of imidazole rings is 1. The molecular weight excluding hydrogens is 911 g/mol. The van der Waals surface area contributed by atoms with E-state index in [1.54, 1.807) is 62.7 Å². The second kappa shape index (κ2) is 32.3. The summed E-state index contributed by atoms with van der Waals surface area (Å²) in [5, 5.41) is 32.1. The van der Waals surface area contributed by atoms with E-state index in [-0.39, 0.29) is 62.5 Å². The molecule has 382 valence electrons. The van der Waals surface area contributed by atoms with Gasteiger partial charge in [-0.1, -0.05) is 52.0 Å². The van der Waals surface area contributed by atoms with E-state index in [2.05, 4.69) is 46.5 Å². The molecule has 70 heavy (non-hydrogen) atoms. The minimum atomic E-state index is -0.932. The molecule has 0 radical (unpaired) electrons. The van der Waals surface area contributed by atoms with E-state index in [1.807, 2.05) is 34.6 Å². The number of aromatic amines is 1. The van der Waals surface area contributed by atoms with Crippen molar-refractivity contribution in [2.75, 3.05) is 44.5 Å². The molecule has 23 heteroatoms. The third kappa shape index (κ3) is 22.1. The molecule has 10 N–H and O–H groups in total. The minimum absolute atomic E-state index is 0.0409. The maximum atomic E-state index is 12.1. The molecule has 6 amide bonds. The van der Waals surface area contributed by atoms with E-state index in [9.17, 15) is 38.7 Å². The van der Waals surface area contributed by atoms with E-state index in [1.165, 1.54) is 23.6 Å². The van der Waals surface area contributed by atoms with Crippen molar-refractivity contribution in [1.29, 1.82) is 0 Å². The van der Waals surface area contributed by atoms with E-state index >= 15 is 0 Å². The van der Waals surface area contributed by atoms with Crippen molar-refractivity contribution in [3.8, 4) is 5.75 Å². The second-order valence-corrected chi connectivity index (χ2v) is 15.6. The van der Waals surface area contributed by atoms with Gasteiger partial charge in [-0.15, -0.1) is 0 Å². The van der Waals surface area contributed by atoms with Crippen LogP contribution in [0.4, 0.5) is 16.3 Å². The molecule has 5 atom stereocenters. The topological polar surface area (TPSA) is 332 Å². The molecule has 1 fully saturated rings. The van der Waals surface area contributed by atoms with Gasteiger partial charge in [-0.05, 0) is 54.3 Å². The maximum absolute atomic E-state index is 12.1. The number of aliphatic hydroxyl groups excluding tert-OH is 2. The molecule has 1 aliphatic heterocycles. The van der Waals surface area contributed by atoms with Crippen molar-refractivity contribution in [1.82, 2.24) is 40.8 Å². The van der Waals surface area contributed by atoms with Crippen LogP contribution in [-0.2, 0) is 51.3 Å². The first-order chi connectivity index (χ1) is 33.5. The fourth-order valence-corrected chi connectivity index (χ4v) is 5.93. The Morgan fingerprint density at radius 3 is 2.26 bits per heavy atom. The summed E-state index contributed by atoms with van der Waals surface area (Å²) in [6, 6.07) is 12.8. The van der Waals surface area contributed by atoms with Crippen LogP contribution < -0.4 is 37.1 Å². The lowest BCUT2D eigenvalue weighted by atomic mass is 10.0. The summed E-state index contributed by atoms with van der Waals surface area (Å²) in [5.74, 6) is 0.209. The normalized spacial score (nSPS) is 15.7. The fourth-order valence-electron chi connectivity index (χ4n) is 5.93. The molecule has 3 heterocycles. The molecule has 5 rings (SSSR count). The predicted octanol–water partition coefficient (Wildman–Crippen LogP) is 2.10. The maximum Gasteiger partial charge on any atom is 0.408 e. The fraction of sp³-hybridized carbons (Fsp3) is 0.447. The molecule has 4 aromatic rings. The van der Waals surface area contributed by atoms with Gasteiger partial charge in [-0.3, -0.25) is 28.8 Å². The summed E-state index contributed by atoms with van der Waals surface area (Å²) in [5.41, 5.74) is 8.64. The number of nitrogens with zero attached hydrogens (tertiary/aromatic N) is 4. The van der Waals surface area contributed by atoms with E-state index < -0.39 is 30.4 Å². The van der Waals surface area contributed by atoms with Crippen molar-refractivity contribution < 1.29 is 58.0 Å². The van der Waals surface area contributed by atoms with E-state index in [4.69, 9.17) is 25.1 Å². The Morgan fingerprint density at radius 1 is 0.957 bits per heavy atom. The highest BCUT2D eigenvalue weighted by molar-refractivity contribution is 5.93. The average molecular weight is 978 g/mol. The number of carbonyl (C=O) groups excluding carboxylic acids is 7. The molecule has 0 bridgehead atoms. The van der Waals surface area contributed by atoms with Gasteiger partial charge in [0.05, 0.1) is 38.8 Å². The Labute approximate surface area is 406 Å². The number of benzene rings is 2. The minimum Gasteiger partial charge on any atom is -0.497 e. The lowest BCUT2D eigenvalue weighted by Crippen LogP contribution is -2.46. The monoisotopic (exact) mass is 977 g/mol. The molecule has 2 aromatic heterocycles. The zero-order chi connectivity index (χ0) is 52.0. The van der Waals surface area contributed by atoms with Crippen molar-refractivity contribution in [3.05, 3.63) is 84.5 Å². The summed E-state index contributed by atoms with van der Waals surface area (Å²) in [6.45, 7) is 10.1. The van der Waals surface area contributed by atoms with Gasteiger partial charge < -0.3 is 66.6 Å². The van der Waals surface area contributed by atoms with Gasteiger partial charge in [0.2, 0.25) is 30.0 Å². The Morgan fingerprint density at radius 2 is 1.64 bits per heavy atom. The Balaban J connectivity index is 0.000000372. The molecule has 23 nitrogen and oxygen atoms in total.